The first-order chi connectivity index (χ1) is 21.9. The lowest BCUT2D eigenvalue weighted by molar-refractivity contribution is -0.143. The third kappa shape index (κ3) is 6.19. The molecule has 11 nitrogen and oxygen atoms in total. The highest BCUT2D eigenvalue weighted by molar-refractivity contribution is 5.84. The normalized spacial score (nSPS) is 17.4. The third-order valence-electron chi connectivity index (χ3n) is 9.14. The molecule has 3 N–H and O–H groups in total. The van der Waals surface area contributed by atoms with Crippen molar-refractivity contribution in [3.05, 3.63) is 69.3 Å². The van der Waals surface area contributed by atoms with Crippen molar-refractivity contribution in [3.8, 4) is 0 Å². The van der Waals surface area contributed by atoms with Crippen molar-refractivity contribution in [2.24, 2.45) is 0 Å². The molecule has 0 aliphatic carbocycles. The van der Waals surface area contributed by atoms with Gasteiger partial charge in [-0.15, -0.1) is 0 Å². The zero-order valence-corrected chi connectivity index (χ0v) is 27.3. The van der Waals surface area contributed by atoms with Crippen LogP contribution in [-0.2, 0) is 46.9 Å². The molecule has 3 aromatic rings. The highest BCUT2D eigenvalue weighted by Gasteiger charge is 2.44. The third-order valence-corrected chi connectivity index (χ3v) is 9.14. The van der Waals surface area contributed by atoms with E-state index >= 15 is 0 Å². The van der Waals surface area contributed by atoms with Crippen LogP contribution in [0, 0.1) is 13.8 Å². The molecule has 2 aliphatic heterocycles. The van der Waals surface area contributed by atoms with E-state index in [0.717, 1.165) is 49.9 Å². The van der Waals surface area contributed by atoms with Crippen LogP contribution in [0.15, 0.2) is 24.3 Å². The molecule has 0 fully saturated rings. The summed E-state index contributed by atoms with van der Waals surface area (Å²) in [6.07, 6.45) is 2.01. The van der Waals surface area contributed by atoms with E-state index < -0.39 is 17.5 Å². The first-order valence-corrected chi connectivity index (χ1v) is 15.2. The van der Waals surface area contributed by atoms with E-state index in [0.29, 0.717) is 35.6 Å². The predicted octanol–water partition coefficient (Wildman–Crippen LogP) is 5.26. The van der Waals surface area contributed by atoms with Crippen LogP contribution in [0.5, 0.6) is 0 Å². The van der Waals surface area contributed by atoms with E-state index in [4.69, 9.17) is 24.2 Å². The summed E-state index contributed by atoms with van der Waals surface area (Å²) < 4.78 is 14.8. The number of allylic oxidation sites excluding steroid dienone is 1. The number of carbonyl (C=O) groups excluding carboxylic acids is 3. The number of nitrogens with one attached hydrogen (secondary N) is 2. The van der Waals surface area contributed by atoms with E-state index in [1.165, 1.54) is 21.3 Å². The molecule has 5 heterocycles. The molecule has 3 aromatic heterocycles. The number of methoxy groups -OCH3 is 3. The fourth-order valence-corrected chi connectivity index (χ4v) is 6.20. The quantitative estimate of drug-likeness (QED) is 0.224. The highest BCUT2D eigenvalue weighted by atomic mass is 16.5. The average molecular weight is 629 g/mol. The summed E-state index contributed by atoms with van der Waals surface area (Å²) in [6, 6.07) is 7.55. The van der Waals surface area contributed by atoms with E-state index in [1.54, 1.807) is 13.0 Å². The summed E-state index contributed by atoms with van der Waals surface area (Å²) >= 11 is 0. The molecule has 5 rings (SSSR count). The Morgan fingerprint density at radius 3 is 1.87 bits per heavy atom. The molecule has 242 valence electrons. The highest BCUT2D eigenvalue weighted by Crippen LogP contribution is 2.44. The summed E-state index contributed by atoms with van der Waals surface area (Å²) in [7, 11) is 4.06. The van der Waals surface area contributed by atoms with Crippen molar-refractivity contribution in [2.75, 3.05) is 21.3 Å². The minimum Gasteiger partial charge on any atom is -0.469 e. The van der Waals surface area contributed by atoms with Gasteiger partial charge >= 0.3 is 17.9 Å². The lowest BCUT2D eigenvalue weighted by Crippen LogP contribution is -2.30. The summed E-state index contributed by atoms with van der Waals surface area (Å²) in [5, 5.41) is 11.6. The molecule has 0 amide bonds. The molecule has 0 aromatic carbocycles. The van der Waals surface area contributed by atoms with Gasteiger partial charge < -0.3 is 29.3 Å². The van der Waals surface area contributed by atoms with Gasteiger partial charge in [-0.2, -0.15) is 0 Å². The van der Waals surface area contributed by atoms with Crippen molar-refractivity contribution < 1.29 is 33.7 Å². The van der Waals surface area contributed by atoms with Gasteiger partial charge in [0.15, 0.2) is 0 Å². The number of hydrogen-bond donors (Lipinski definition) is 3. The number of aliphatic hydroxyl groups is 1. The number of aromatic nitrogens is 4. The maximum atomic E-state index is 12.6. The summed E-state index contributed by atoms with van der Waals surface area (Å²) in [4.78, 5) is 53.6. The number of aromatic amines is 2. The zero-order chi connectivity index (χ0) is 33.3. The number of hydrogen-bond acceptors (Lipinski definition) is 9. The zero-order valence-electron chi connectivity index (χ0n) is 27.3. The van der Waals surface area contributed by atoms with Crippen LogP contribution in [0.3, 0.4) is 0 Å². The van der Waals surface area contributed by atoms with Crippen LogP contribution >= 0.6 is 0 Å². The molecule has 0 saturated heterocycles. The molecule has 0 radical (unpaired) electrons. The number of aliphatic hydroxyl groups excluding tert-OH is 1. The maximum Gasteiger partial charge on any atom is 0.306 e. The van der Waals surface area contributed by atoms with Gasteiger partial charge in [0.1, 0.15) is 6.10 Å². The largest absolute Gasteiger partial charge is 0.469 e. The van der Waals surface area contributed by atoms with Gasteiger partial charge in [-0.25, -0.2) is 4.98 Å². The predicted molar refractivity (Wildman–Crippen MR) is 174 cm³/mol. The summed E-state index contributed by atoms with van der Waals surface area (Å²) in [6.45, 7) is 7.70. The van der Waals surface area contributed by atoms with Gasteiger partial charge in [-0.3, -0.25) is 19.4 Å². The fraction of sp³-hybridized carbons (Fsp3) is 0.400. The van der Waals surface area contributed by atoms with Crippen LogP contribution in [0.25, 0.3) is 33.7 Å². The van der Waals surface area contributed by atoms with Gasteiger partial charge in [-0.1, -0.05) is 6.92 Å². The second-order valence-corrected chi connectivity index (χ2v) is 12.1. The van der Waals surface area contributed by atoms with Gasteiger partial charge in [-0.05, 0) is 91.8 Å². The van der Waals surface area contributed by atoms with Crippen LogP contribution in [-0.4, -0.2) is 64.3 Å². The first-order valence-electron chi connectivity index (χ1n) is 15.2. The molecule has 2 atom stereocenters. The van der Waals surface area contributed by atoms with Crippen molar-refractivity contribution in [3.63, 3.8) is 0 Å². The maximum absolute atomic E-state index is 12.6. The van der Waals surface area contributed by atoms with E-state index in [2.05, 4.69) is 9.97 Å². The summed E-state index contributed by atoms with van der Waals surface area (Å²) in [5.74, 6) is -1.11. The lowest BCUT2D eigenvalue weighted by atomic mass is 9.78. The lowest BCUT2D eigenvalue weighted by Gasteiger charge is -2.26. The first kappa shape index (κ1) is 32.6. The molecule has 2 aliphatic rings. The minimum atomic E-state index is -1.10. The van der Waals surface area contributed by atoms with E-state index in [9.17, 15) is 19.5 Å². The van der Waals surface area contributed by atoms with Gasteiger partial charge in [0, 0.05) is 34.9 Å². The Labute approximate surface area is 267 Å². The second-order valence-electron chi connectivity index (χ2n) is 12.1. The van der Waals surface area contributed by atoms with Crippen LogP contribution < -0.4 is 0 Å². The molecule has 0 spiro atoms. The standard InChI is InChI=1S/C35H40N4O7/c1-18-12-21-13-25-19(2)22(8-10-31(40)44-5)27(37-25)15-28-23(9-11-32(41)45-6)20(3)26(38-28)16-30-35(4,17-33(42)46-7)34(43)29(39-30)14-24(18)36-21/h12-16,34,37-38,43H,8-11,17H2,1-7H3/t34?,35-/m1/s1. The van der Waals surface area contributed by atoms with Crippen molar-refractivity contribution in [2.45, 2.75) is 71.3 Å². The topological polar surface area (TPSA) is 156 Å². The number of esters is 3. The smallest absolute Gasteiger partial charge is 0.306 e. The molecular formula is C35H40N4O7. The van der Waals surface area contributed by atoms with Crippen LogP contribution in [0.4, 0.5) is 0 Å². The Bertz CT molecular complexity index is 1920. The fourth-order valence-electron chi connectivity index (χ4n) is 6.20. The van der Waals surface area contributed by atoms with E-state index in [1.807, 2.05) is 45.0 Å². The molecule has 46 heavy (non-hydrogen) atoms. The molecular weight excluding hydrogens is 588 g/mol. The Morgan fingerprint density at radius 2 is 1.33 bits per heavy atom. The van der Waals surface area contributed by atoms with Gasteiger partial charge in [0.25, 0.3) is 0 Å². The molecule has 11 heteroatoms. The Hall–Kier alpha value is -4.77. The molecule has 0 saturated carbocycles. The molecule has 1 unspecified atom stereocenters. The number of H-pyrrole nitrogens is 2. The number of nitrogens with zero attached hydrogens (tertiary/aromatic N) is 2. The van der Waals surface area contributed by atoms with Crippen molar-refractivity contribution in [1.29, 1.82) is 0 Å². The van der Waals surface area contributed by atoms with Crippen LogP contribution in [0.1, 0.15) is 84.2 Å². The Kier molecular flexibility index (Phi) is 9.16. The van der Waals surface area contributed by atoms with Crippen molar-refractivity contribution in [1.82, 2.24) is 19.9 Å². The minimum absolute atomic E-state index is 0.0917. The summed E-state index contributed by atoms with van der Waals surface area (Å²) in [5.41, 5.74) is 8.94. The van der Waals surface area contributed by atoms with Crippen LogP contribution in [0.2, 0.25) is 0 Å². The Morgan fingerprint density at radius 1 is 0.783 bits per heavy atom. The number of fused-ring (bicyclic) bond motifs is 8. The van der Waals surface area contributed by atoms with E-state index in [-0.39, 0.29) is 31.2 Å². The second kappa shape index (κ2) is 12.9. The monoisotopic (exact) mass is 628 g/mol. The average Bonchev–Trinajstić information content (AvgIpc) is 3.69. The van der Waals surface area contributed by atoms with Crippen molar-refractivity contribution >= 4 is 51.6 Å². The molecule has 8 bridgehead atoms. The number of aryl methyl sites for hydroxylation is 4. The number of carbonyl (C=O) groups is 3. The SMILES string of the molecule is COC(=O)CCc1c(C)c2cc3nc(cc4nc(cc5[nH]c(cc1[nH]2)c(CCC(=O)OC)c5C)[C@@](C)(CC(=O)OC)C4O)C(C)=C3. The van der Waals surface area contributed by atoms with Gasteiger partial charge in [0.05, 0.1) is 55.9 Å². The number of rotatable bonds is 8. The van der Waals surface area contributed by atoms with Gasteiger partial charge in [0.2, 0.25) is 0 Å². The Balaban J connectivity index is 1.88. The number of ether oxygens (including phenoxy) is 3.